The Kier molecular flexibility index (Phi) is 8.69. The van der Waals surface area contributed by atoms with Gasteiger partial charge in [-0.1, -0.05) is 42.5 Å². The van der Waals surface area contributed by atoms with Crippen molar-refractivity contribution < 1.29 is 28.2 Å². The molecule has 0 atom stereocenters. The maximum Gasteiger partial charge on any atom is 0.341 e. The smallest absolute Gasteiger partial charge is 0.341 e. The van der Waals surface area contributed by atoms with Gasteiger partial charge in [-0.05, 0) is 72.7 Å². The molecule has 1 aliphatic rings. The molecule has 5 rings (SSSR count). The summed E-state index contributed by atoms with van der Waals surface area (Å²) in [5.41, 5.74) is 4.86. The first-order valence-electron chi connectivity index (χ1n) is 13.3. The minimum Gasteiger partial charge on any atom is -0.488 e. The molecule has 210 valence electrons. The van der Waals surface area contributed by atoms with E-state index in [4.69, 9.17) is 9.47 Å². The maximum atomic E-state index is 13.3. The molecular formula is C31H28FN3O5S. The van der Waals surface area contributed by atoms with E-state index >= 15 is 0 Å². The number of nitrogens with zero attached hydrogens (tertiary/aromatic N) is 1. The summed E-state index contributed by atoms with van der Waals surface area (Å²) >= 11 is 1.30. The molecular weight excluding hydrogens is 545 g/mol. The van der Waals surface area contributed by atoms with Crippen LogP contribution in [-0.4, -0.2) is 30.6 Å². The van der Waals surface area contributed by atoms with Crippen LogP contribution in [0.5, 0.6) is 5.75 Å². The first kappa shape index (κ1) is 28.0. The van der Waals surface area contributed by atoms with Crippen LogP contribution in [0.2, 0.25) is 0 Å². The molecule has 4 aromatic rings. The molecule has 0 saturated carbocycles. The standard InChI is InChI=1S/C31H28FN3O5S/c1-2-39-31(38)27-23-9-5-6-10-26(23)41-30(27)34-28(36)29(37)35-33-17-24-22-8-4-3-7-20(22)13-16-25(24)40-18-19-11-14-21(32)15-12-19/h3-4,7-8,11-17H,2,5-6,9-10,18H2,1H3,(H,34,36)(H,35,37)/b33-17+. The van der Waals surface area contributed by atoms with Gasteiger partial charge in [-0.15, -0.1) is 11.3 Å². The van der Waals surface area contributed by atoms with Crippen molar-refractivity contribution in [3.8, 4) is 5.75 Å². The number of aryl methyl sites for hydroxylation is 1. The highest BCUT2D eigenvalue weighted by molar-refractivity contribution is 7.17. The number of ether oxygens (including phenoxy) is 2. The fourth-order valence-electron chi connectivity index (χ4n) is 4.72. The molecule has 3 aromatic carbocycles. The fourth-order valence-corrected chi connectivity index (χ4v) is 5.99. The van der Waals surface area contributed by atoms with Crippen molar-refractivity contribution in [3.05, 3.63) is 93.6 Å². The summed E-state index contributed by atoms with van der Waals surface area (Å²) in [6.07, 6.45) is 4.91. The molecule has 41 heavy (non-hydrogen) atoms. The quantitative estimate of drug-likeness (QED) is 0.121. The number of hydrazone groups is 1. The molecule has 0 radical (unpaired) electrons. The number of rotatable bonds is 8. The molecule has 0 aliphatic heterocycles. The zero-order valence-electron chi connectivity index (χ0n) is 22.4. The number of hydrogen-bond donors (Lipinski definition) is 2. The third-order valence-electron chi connectivity index (χ3n) is 6.68. The van der Waals surface area contributed by atoms with Gasteiger partial charge in [0.1, 0.15) is 23.2 Å². The molecule has 0 fully saturated rings. The Labute approximate surface area is 240 Å². The summed E-state index contributed by atoms with van der Waals surface area (Å²) in [5, 5.41) is 8.68. The van der Waals surface area contributed by atoms with Gasteiger partial charge in [0, 0.05) is 10.4 Å². The zero-order chi connectivity index (χ0) is 28.8. The molecule has 1 heterocycles. The fraction of sp³-hybridized carbons (Fsp3) is 0.226. The van der Waals surface area contributed by atoms with Crippen LogP contribution in [0.3, 0.4) is 0 Å². The third-order valence-corrected chi connectivity index (χ3v) is 7.89. The topological polar surface area (TPSA) is 106 Å². The van der Waals surface area contributed by atoms with Gasteiger partial charge in [0.15, 0.2) is 0 Å². The van der Waals surface area contributed by atoms with Gasteiger partial charge in [0.2, 0.25) is 0 Å². The Morgan fingerprint density at radius 1 is 1.00 bits per heavy atom. The van der Waals surface area contributed by atoms with Gasteiger partial charge in [-0.25, -0.2) is 14.6 Å². The second-order valence-corrected chi connectivity index (χ2v) is 10.5. The van der Waals surface area contributed by atoms with Crippen molar-refractivity contribution in [1.29, 1.82) is 0 Å². The Morgan fingerprint density at radius 2 is 1.78 bits per heavy atom. The highest BCUT2D eigenvalue weighted by Crippen LogP contribution is 2.38. The number of anilines is 1. The molecule has 8 nitrogen and oxygen atoms in total. The number of carbonyl (C=O) groups excluding carboxylic acids is 3. The van der Waals surface area contributed by atoms with Crippen LogP contribution in [0.4, 0.5) is 9.39 Å². The largest absolute Gasteiger partial charge is 0.488 e. The number of amides is 2. The van der Waals surface area contributed by atoms with E-state index in [1.807, 2.05) is 30.3 Å². The third kappa shape index (κ3) is 6.44. The Bertz CT molecular complexity index is 1630. The first-order valence-corrected chi connectivity index (χ1v) is 14.1. The molecule has 0 unspecified atom stereocenters. The molecule has 0 spiro atoms. The predicted molar refractivity (Wildman–Crippen MR) is 156 cm³/mol. The average Bonchev–Trinajstić information content (AvgIpc) is 3.35. The van der Waals surface area contributed by atoms with Crippen molar-refractivity contribution in [2.24, 2.45) is 5.10 Å². The summed E-state index contributed by atoms with van der Waals surface area (Å²) in [5.74, 6) is -2.28. The number of halogens is 1. The van der Waals surface area contributed by atoms with Gasteiger partial charge >= 0.3 is 17.8 Å². The summed E-state index contributed by atoms with van der Waals surface area (Å²) in [6, 6.07) is 17.3. The summed E-state index contributed by atoms with van der Waals surface area (Å²) in [4.78, 5) is 39.1. The minimum atomic E-state index is -0.989. The highest BCUT2D eigenvalue weighted by atomic mass is 32.1. The maximum absolute atomic E-state index is 13.3. The summed E-state index contributed by atoms with van der Waals surface area (Å²) in [6.45, 7) is 2.12. The van der Waals surface area contributed by atoms with Gasteiger partial charge in [0.25, 0.3) is 0 Å². The second kappa shape index (κ2) is 12.7. The van der Waals surface area contributed by atoms with Crippen molar-refractivity contribution in [2.75, 3.05) is 11.9 Å². The molecule has 1 aromatic heterocycles. The van der Waals surface area contributed by atoms with Crippen LogP contribution in [-0.2, 0) is 33.8 Å². The van der Waals surface area contributed by atoms with Gasteiger partial charge in [-0.2, -0.15) is 5.10 Å². The lowest BCUT2D eigenvalue weighted by Crippen LogP contribution is -2.32. The normalized spacial score (nSPS) is 12.6. The Balaban J connectivity index is 1.32. The van der Waals surface area contributed by atoms with Crippen LogP contribution < -0.4 is 15.5 Å². The number of thiophene rings is 1. The van der Waals surface area contributed by atoms with Crippen molar-refractivity contribution in [3.63, 3.8) is 0 Å². The second-order valence-electron chi connectivity index (χ2n) is 9.40. The minimum absolute atomic E-state index is 0.196. The molecule has 0 bridgehead atoms. The number of fused-ring (bicyclic) bond motifs is 2. The van der Waals surface area contributed by atoms with E-state index in [1.165, 1.54) is 29.7 Å². The number of benzene rings is 3. The first-order chi connectivity index (χ1) is 19.9. The van der Waals surface area contributed by atoms with E-state index in [0.29, 0.717) is 21.9 Å². The van der Waals surface area contributed by atoms with Crippen LogP contribution in [0, 0.1) is 5.82 Å². The van der Waals surface area contributed by atoms with E-state index in [0.717, 1.165) is 52.5 Å². The highest BCUT2D eigenvalue weighted by Gasteiger charge is 2.28. The lowest BCUT2D eigenvalue weighted by molar-refractivity contribution is -0.136. The van der Waals surface area contributed by atoms with E-state index in [-0.39, 0.29) is 19.0 Å². The van der Waals surface area contributed by atoms with Gasteiger partial charge in [-0.3, -0.25) is 9.59 Å². The molecule has 10 heteroatoms. The van der Waals surface area contributed by atoms with E-state index < -0.39 is 17.8 Å². The SMILES string of the molecule is CCOC(=O)c1c(NC(=O)C(=O)N/N=C/c2c(OCc3ccc(F)cc3)ccc3ccccc23)sc2c1CCCC2. The predicted octanol–water partition coefficient (Wildman–Crippen LogP) is 5.76. The monoisotopic (exact) mass is 573 g/mol. The van der Waals surface area contributed by atoms with Gasteiger partial charge < -0.3 is 14.8 Å². The molecule has 2 N–H and O–H groups in total. The lowest BCUT2D eigenvalue weighted by Gasteiger charge is -2.12. The summed E-state index contributed by atoms with van der Waals surface area (Å²) < 4.78 is 24.5. The van der Waals surface area contributed by atoms with Crippen molar-refractivity contribution in [1.82, 2.24) is 5.43 Å². The van der Waals surface area contributed by atoms with Crippen LogP contribution in [0.15, 0.2) is 65.8 Å². The lowest BCUT2D eigenvalue weighted by atomic mass is 9.95. The Morgan fingerprint density at radius 3 is 2.59 bits per heavy atom. The van der Waals surface area contributed by atoms with Crippen molar-refractivity contribution >= 4 is 51.1 Å². The molecule has 0 saturated heterocycles. The molecule has 1 aliphatic carbocycles. The zero-order valence-corrected chi connectivity index (χ0v) is 23.2. The Hall–Kier alpha value is -4.57. The number of carbonyl (C=O) groups is 3. The number of nitrogens with one attached hydrogen (secondary N) is 2. The van der Waals surface area contributed by atoms with Crippen molar-refractivity contribution in [2.45, 2.75) is 39.2 Å². The van der Waals surface area contributed by atoms with E-state index in [1.54, 1.807) is 25.1 Å². The number of hydrogen-bond acceptors (Lipinski definition) is 7. The average molecular weight is 574 g/mol. The van der Waals surface area contributed by atoms with Crippen LogP contribution in [0.1, 0.15) is 51.7 Å². The van der Waals surface area contributed by atoms with E-state index in [2.05, 4.69) is 15.8 Å². The van der Waals surface area contributed by atoms with Crippen LogP contribution in [0.25, 0.3) is 10.8 Å². The van der Waals surface area contributed by atoms with Gasteiger partial charge in [0.05, 0.1) is 18.4 Å². The molecule has 2 amide bonds. The summed E-state index contributed by atoms with van der Waals surface area (Å²) in [7, 11) is 0. The number of esters is 1. The van der Waals surface area contributed by atoms with Crippen LogP contribution >= 0.6 is 11.3 Å². The van der Waals surface area contributed by atoms with E-state index in [9.17, 15) is 18.8 Å².